The number of methoxy groups -OCH3 is 1. The summed E-state index contributed by atoms with van der Waals surface area (Å²) in [4.78, 5) is 29.3. The quantitative estimate of drug-likeness (QED) is 0.816. The maximum atomic E-state index is 12.7. The topological polar surface area (TPSA) is 98.2 Å². The Hall–Kier alpha value is -2.65. The van der Waals surface area contributed by atoms with E-state index in [1.165, 1.54) is 23.3 Å². The molecule has 1 aromatic carbocycles. The number of ether oxygens (including phenoxy) is 3. The molecule has 2 aromatic rings. The number of hydrogen-bond acceptors (Lipinski definition) is 7. The molecule has 138 valence electrons. The van der Waals surface area contributed by atoms with Gasteiger partial charge in [-0.2, -0.15) is 0 Å². The molecule has 0 bridgehead atoms. The Kier molecular flexibility index (Phi) is 5.69. The lowest BCUT2D eigenvalue weighted by molar-refractivity contribution is -0.154. The van der Waals surface area contributed by atoms with E-state index < -0.39 is 12.1 Å². The number of benzene rings is 1. The fraction of sp³-hybridized carbons (Fsp3) is 0.353. The molecule has 1 atom stereocenters. The zero-order valence-electron chi connectivity index (χ0n) is 14.1. The van der Waals surface area contributed by atoms with Gasteiger partial charge in [0.25, 0.3) is 5.91 Å². The second-order valence-corrected chi connectivity index (χ2v) is 6.30. The zero-order chi connectivity index (χ0) is 18.5. The highest BCUT2D eigenvalue weighted by molar-refractivity contribution is 7.07. The minimum atomic E-state index is -1.08. The highest BCUT2D eigenvalue weighted by atomic mass is 32.1. The highest BCUT2D eigenvalue weighted by Crippen LogP contribution is 2.29. The molecule has 1 N–H and O–H groups in total. The van der Waals surface area contributed by atoms with E-state index in [1.807, 2.05) is 5.38 Å². The van der Waals surface area contributed by atoms with Crippen molar-refractivity contribution in [3.8, 4) is 11.5 Å². The van der Waals surface area contributed by atoms with Gasteiger partial charge in [-0.05, 0) is 18.2 Å². The summed E-state index contributed by atoms with van der Waals surface area (Å²) in [6.07, 6.45) is -1.00. The molecule has 1 aromatic heterocycles. The fourth-order valence-electron chi connectivity index (χ4n) is 2.55. The van der Waals surface area contributed by atoms with Crippen LogP contribution in [0.3, 0.4) is 0 Å². The molecule has 1 aliphatic heterocycles. The molecular weight excluding hydrogens is 360 g/mol. The molecule has 0 spiro atoms. The molecule has 26 heavy (non-hydrogen) atoms. The van der Waals surface area contributed by atoms with Crippen LogP contribution < -0.4 is 9.47 Å². The average molecular weight is 378 g/mol. The van der Waals surface area contributed by atoms with E-state index in [-0.39, 0.29) is 19.1 Å². The SMILES string of the molecule is COc1cc(C(=O)N2CCOC(C(=O)O)C2)ccc1OCc1cscn1. The number of nitrogens with zero attached hydrogens (tertiary/aromatic N) is 2. The summed E-state index contributed by atoms with van der Waals surface area (Å²) in [5.74, 6) is -0.425. The predicted molar refractivity (Wildman–Crippen MR) is 92.7 cm³/mol. The molecule has 0 aliphatic carbocycles. The summed E-state index contributed by atoms with van der Waals surface area (Å²) in [6, 6.07) is 4.88. The van der Waals surface area contributed by atoms with Crippen molar-refractivity contribution >= 4 is 23.2 Å². The van der Waals surface area contributed by atoms with E-state index in [4.69, 9.17) is 19.3 Å². The van der Waals surface area contributed by atoms with Gasteiger partial charge in [0.1, 0.15) is 6.61 Å². The van der Waals surface area contributed by atoms with Gasteiger partial charge in [0, 0.05) is 17.5 Å². The molecule has 3 rings (SSSR count). The minimum Gasteiger partial charge on any atom is -0.493 e. The average Bonchev–Trinajstić information content (AvgIpc) is 3.19. The van der Waals surface area contributed by atoms with Gasteiger partial charge in [-0.25, -0.2) is 9.78 Å². The summed E-state index contributed by atoms with van der Waals surface area (Å²) in [5.41, 5.74) is 2.93. The first kappa shape index (κ1) is 18.2. The van der Waals surface area contributed by atoms with Crippen molar-refractivity contribution in [2.24, 2.45) is 0 Å². The van der Waals surface area contributed by atoms with E-state index in [1.54, 1.807) is 23.7 Å². The zero-order valence-corrected chi connectivity index (χ0v) is 14.9. The maximum absolute atomic E-state index is 12.7. The first-order chi connectivity index (χ1) is 12.6. The monoisotopic (exact) mass is 378 g/mol. The van der Waals surface area contributed by atoms with Crippen LogP contribution in [-0.2, 0) is 16.1 Å². The van der Waals surface area contributed by atoms with Crippen molar-refractivity contribution in [2.45, 2.75) is 12.7 Å². The molecule has 1 saturated heterocycles. The predicted octanol–water partition coefficient (Wildman–Crippen LogP) is 1.66. The van der Waals surface area contributed by atoms with Gasteiger partial charge >= 0.3 is 5.97 Å². The second kappa shape index (κ2) is 8.15. The van der Waals surface area contributed by atoms with Gasteiger partial charge in [0.15, 0.2) is 17.6 Å². The number of aromatic nitrogens is 1. The summed E-state index contributed by atoms with van der Waals surface area (Å²) < 4.78 is 16.2. The van der Waals surface area contributed by atoms with Crippen LogP contribution in [0.25, 0.3) is 0 Å². The molecule has 1 fully saturated rings. The lowest BCUT2D eigenvalue weighted by atomic mass is 10.1. The third-order valence-corrected chi connectivity index (χ3v) is 4.53. The molecule has 1 amide bonds. The Labute approximate surface area is 153 Å². The molecule has 0 radical (unpaired) electrons. The van der Waals surface area contributed by atoms with Gasteiger partial charge < -0.3 is 24.2 Å². The van der Waals surface area contributed by atoms with Gasteiger partial charge in [0.05, 0.1) is 31.5 Å². The van der Waals surface area contributed by atoms with Crippen molar-refractivity contribution in [2.75, 3.05) is 26.8 Å². The van der Waals surface area contributed by atoms with Crippen molar-refractivity contribution in [1.29, 1.82) is 0 Å². The number of aliphatic carboxylic acids is 1. The van der Waals surface area contributed by atoms with E-state index in [9.17, 15) is 9.59 Å². The number of morpholine rings is 1. The number of carbonyl (C=O) groups excluding carboxylic acids is 1. The molecule has 2 heterocycles. The van der Waals surface area contributed by atoms with Crippen molar-refractivity contribution in [1.82, 2.24) is 9.88 Å². The first-order valence-corrected chi connectivity index (χ1v) is 8.84. The Morgan fingerprint density at radius 3 is 2.96 bits per heavy atom. The van der Waals surface area contributed by atoms with E-state index in [0.717, 1.165) is 5.69 Å². The minimum absolute atomic E-state index is 0.0125. The van der Waals surface area contributed by atoms with Gasteiger partial charge in [-0.15, -0.1) is 11.3 Å². The second-order valence-electron chi connectivity index (χ2n) is 5.58. The van der Waals surface area contributed by atoms with Gasteiger partial charge in [-0.3, -0.25) is 4.79 Å². The van der Waals surface area contributed by atoms with Crippen molar-refractivity contribution < 1.29 is 28.9 Å². The van der Waals surface area contributed by atoms with E-state index >= 15 is 0 Å². The van der Waals surface area contributed by atoms with Gasteiger partial charge in [0.2, 0.25) is 0 Å². The normalized spacial score (nSPS) is 17.0. The summed E-state index contributed by atoms with van der Waals surface area (Å²) in [6.45, 7) is 0.844. The molecule has 1 unspecified atom stereocenters. The third kappa shape index (κ3) is 4.12. The maximum Gasteiger partial charge on any atom is 0.334 e. The number of amides is 1. The molecule has 8 nitrogen and oxygen atoms in total. The Morgan fingerprint density at radius 2 is 2.27 bits per heavy atom. The van der Waals surface area contributed by atoms with E-state index in [2.05, 4.69) is 4.98 Å². The number of rotatable bonds is 6. The van der Waals surface area contributed by atoms with Crippen LogP contribution in [0.1, 0.15) is 16.1 Å². The number of hydrogen-bond donors (Lipinski definition) is 1. The van der Waals surface area contributed by atoms with Gasteiger partial charge in [-0.1, -0.05) is 0 Å². The van der Waals surface area contributed by atoms with Crippen LogP contribution in [0.5, 0.6) is 11.5 Å². The molecule has 9 heteroatoms. The molecule has 0 saturated carbocycles. The Balaban J connectivity index is 1.71. The van der Waals surface area contributed by atoms with Crippen LogP contribution in [0.2, 0.25) is 0 Å². The first-order valence-electron chi connectivity index (χ1n) is 7.90. The lowest BCUT2D eigenvalue weighted by Crippen LogP contribution is -2.48. The summed E-state index contributed by atoms with van der Waals surface area (Å²) in [7, 11) is 1.49. The van der Waals surface area contributed by atoms with Crippen LogP contribution in [-0.4, -0.2) is 59.8 Å². The number of carboxylic acids is 1. The van der Waals surface area contributed by atoms with Crippen molar-refractivity contribution in [3.63, 3.8) is 0 Å². The van der Waals surface area contributed by atoms with Crippen LogP contribution in [0.4, 0.5) is 0 Å². The number of carboxylic acid groups (broad SMARTS) is 1. The third-order valence-electron chi connectivity index (χ3n) is 3.90. The smallest absolute Gasteiger partial charge is 0.334 e. The standard InChI is InChI=1S/C17H18N2O6S/c1-23-14-6-11(2-3-13(14)25-8-12-9-26-10-18-12)16(20)19-4-5-24-15(7-19)17(21)22/h2-3,6,9-10,15H,4-5,7-8H2,1H3,(H,21,22). The molecular formula is C17H18N2O6S. The Morgan fingerprint density at radius 1 is 1.42 bits per heavy atom. The number of thiazole rings is 1. The van der Waals surface area contributed by atoms with Crippen LogP contribution in [0, 0.1) is 0 Å². The largest absolute Gasteiger partial charge is 0.493 e. The van der Waals surface area contributed by atoms with E-state index in [0.29, 0.717) is 30.2 Å². The summed E-state index contributed by atoms with van der Waals surface area (Å²) in [5, 5.41) is 11.0. The summed E-state index contributed by atoms with van der Waals surface area (Å²) >= 11 is 1.48. The fourth-order valence-corrected chi connectivity index (χ4v) is 3.09. The molecule has 1 aliphatic rings. The number of carbonyl (C=O) groups is 2. The highest BCUT2D eigenvalue weighted by Gasteiger charge is 2.29. The van der Waals surface area contributed by atoms with Crippen molar-refractivity contribution in [3.05, 3.63) is 40.3 Å². The lowest BCUT2D eigenvalue weighted by Gasteiger charge is -2.31. The van der Waals surface area contributed by atoms with Crippen LogP contribution in [0.15, 0.2) is 29.1 Å². The van der Waals surface area contributed by atoms with Crippen LogP contribution >= 0.6 is 11.3 Å². The Bertz CT molecular complexity index is 780.